The summed E-state index contributed by atoms with van der Waals surface area (Å²) in [5.74, 6) is 0.810. The van der Waals surface area contributed by atoms with Gasteiger partial charge in [-0.15, -0.1) is 0 Å². The molecule has 0 radical (unpaired) electrons. The van der Waals surface area contributed by atoms with E-state index in [2.05, 4.69) is 4.98 Å². The van der Waals surface area contributed by atoms with Crippen molar-refractivity contribution < 1.29 is 9.84 Å². The Morgan fingerprint density at radius 1 is 1.05 bits per heavy atom. The molecule has 3 nitrogen and oxygen atoms in total. The number of benzene rings is 2. The smallest absolute Gasteiger partial charge is 0.119 e. The number of fused-ring (bicyclic) bond motifs is 1. The maximum atomic E-state index is 10.5. The van der Waals surface area contributed by atoms with Gasteiger partial charge in [0, 0.05) is 17.1 Å². The second-order valence-corrected chi connectivity index (χ2v) is 4.87. The third kappa shape index (κ3) is 2.88. The molecule has 0 saturated carbocycles. The minimum Gasteiger partial charge on any atom is -0.494 e. The average Bonchev–Trinajstić information content (AvgIpc) is 2.55. The summed E-state index contributed by atoms with van der Waals surface area (Å²) < 4.78 is 5.41. The summed E-state index contributed by atoms with van der Waals surface area (Å²) in [7, 11) is 0. The Bertz CT molecular complexity index is 738. The van der Waals surface area contributed by atoms with E-state index in [1.165, 1.54) is 0 Å². The Balaban J connectivity index is 1.90. The van der Waals surface area contributed by atoms with E-state index < -0.39 is 6.10 Å². The summed E-state index contributed by atoms with van der Waals surface area (Å²) in [5.41, 5.74) is 2.55. The van der Waals surface area contributed by atoms with Crippen LogP contribution in [-0.2, 0) is 0 Å². The Morgan fingerprint density at radius 2 is 1.81 bits per heavy atom. The highest BCUT2D eigenvalue weighted by Gasteiger charge is 2.11. The Kier molecular flexibility index (Phi) is 3.84. The van der Waals surface area contributed by atoms with Gasteiger partial charge in [-0.25, -0.2) is 0 Å². The topological polar surface area (TPSA) is 42.4 Å². The molecule has 0 bridgehead atoms. The fraction of sp³-hybridized carbons (Fsp3) is 0.167. The van der Waals surface area contributed by atoms with Crippen LogP contribution in [0.4, 0.5) is 0 Å². The van der Waals surface area contributed by atoms with Crippen molar-refractivity contribution in [3.05, 3.63) is 71.9 Å². The third-order valence-electron chi connectivity index (χ3n) is 3.43. The molecule has 1 aromatic heterocycles. The van der Waals surface area contributed by atoms with Crippen LogP contribution in [0.5, 0.6) is 5.75 Å². The maximum absolute atomic E-state index is 10.5. The molecule has 1 N–H and O–H groups in total. The zero-order chi connectivity index (χ0) is 14.7. The lowest BCUT2D eigenvalue weighted by Gasteiger charge is -2.12. The molecule has 3 heteroatoms. The van der Waals surface area contributed by atoms with Crippen molar-refractivity contribution in [3.8, 4) is 5.75 Å². The lowest BCUT2D eigenvalue weighted by molar-refractivity contribution is 0.220. The quantitative estimate of drug-likeness (QED) is 0.791. The summed E-state index contributed by atoms with van der Waals surface area (Å²) >= 11 is 0. The standard InChI is InChI=1S/C18H17NO2/c1-2-21-16-9-7-13(8-10-16)18(20)15-11-14-5-3-4-6-17(14)19-12-15/h3-12,18,20H,2H2,1H3. The molecule has 21 heavy (non-hydrogen) atoms. The SMILES string of the molecule is CCOc1ccc(C(O)c2cnc3ccccc3c2)cc1. The minimum absolute atomic E-state index is 0.635. The molecule has 0 fully saturated rings. The van der Waals surface area contributed by atoms with Crippen LogP contribution in [0.25, 0.3) is 10.9 Å². The lowest BCUT2D eigenvalue weighted by atomic mass is 10.0. The summed E-state index contributed by atoms with van der Waals surface area (Å²) in [6.07, 6.45) is 1.04. The Labute approximate surface area is 123 Å². The number of aliphatic hydroxyl groups is 1. The second-order valence-electron chi connectivity index (χ2n) is 4.87. The number of pyridine rings is 1. The van der Waals surface area contributed by atoms with Gasteiger partial charge in [0.25, 0.3) is 0 Å². The van der Waals surface area contributed by atoms with Gasteiger partial charge in [-0.2, -0.15) is 0 Å². The van der Waals surface area contributed by atoms with Crippen LogP contribution in [0.2, 0.25) is 0 Å². The van der Waals surface area contributed by atoms with E-state index in [-0.39, 0.29) is 0 Å². The van der Waals surface area contributed by atoms with Gasteiger partial charge in [0.05, 0.1) is 12.1 Å². The number of para-hydroxylation sites is 1. The molecule has 0 saturated heterocycles. The normalized spacial score (nSPS) is 12.3. The summed E-state index contributed by atoms with van der Waals surface area (Å²) in [4.78, 5) is 4.39. The predicted octanol–water partition coefficient (Wildman–Crippen LogP) is 3.72. The fourth-order valence-corrected chi connectivity index (χ4v) is 2.34. The minimum atomic E-state index is -0.683. The van der Waals surface area contributed by atoms with Gasteiger partial charge in [-0.3, -0.25) is 4.98 Å². The molecule has 0 aliphatic heterocycles. The van der Waals surface area contributed by atoms with Gasteiger partial charge in [-0.1, -0.05) is 30.3 Å². The molecule has 1 heterocycles. The van der Waals surface area contributed by atoms with Crippen molar-refractivity contribution in [2.24, 2.45) is 0 Å². The number of nitrogens with zero attached hydrogens (tertiary/aromatic N) is 1. The second kappa shape index (κ2) is 5.94. The maximum Gasteiger partial charge on any atom is 0.119 e. The fourth-order valence-electron chi connectivity index (χ4n) is 2.34. The molecule has 1 atom stereocenters. The number of aliphatic hydroxyl groups excluding tert-OH is 1. The lowest BCUT2D eigenvalue weighted by Crippen LogP contribution is -2.01. The first-order valence-electron chi connectivity index (χ1n) is 7.03. The van der Waals surface area contributed by atoms with Crippen molar-refractivity contribution in [2.45, 2.75) is 13.0 Å². The first-order valence-corrected chi connectivity index (χ1v) is 7.03. The molecular formula is C18H17NO2. The third-order valence-corrected chi connectivity index (χ3v) is 3.43. The van der Waals surface area contributed by atoms with Crippen molar-refractivity contribution in [2.75, 3.05) is 6.61 Å². The Hall–Kier alpha value is -2.39. The van der Waals surface area contributed by atoms with Gasteiger partial charge in [0.2, 0.25) is 0 Å². The van der Waals surface area contributed by atoms with E-state index in [1.807, 2.05) is 61.5 Å². The largest absolute Gasteiger partial charge is 0.494 e. The molecule has 0 aliphatic carbocycles. The van der Waals surface area contributed by atoms with Gasteiger partial charge < -0.3 is 9.84 Å². The van der Waals surface area contributed by atoms with Gasteiger partial charge in [0.15, 0.2) is 0 Å². The first-order chi connectivity index (χ1) is 10.3. The molecule has 0 aliphatic rings. The van der Waals surface area contributed by atoms with E-state index in [0.29, 0.717) is 6.61 Å². The van der Waals surface area contributed by atoms with E-state index in [9.17, 15) is 5.11 Å². The zero-order valence-electron chi connectivity index (χ0n) is 11.9. The van der Waals surface area contributed by atoms with Crippen molar-refractivity contribution in [1.29, 1.82) is 0 Å². The van der Waals surface area contributed by atoms with Gasteiger partial charge in [0.1, 0.15) is 11.9 Å². The Morgan fingerprint density at radius 3 is 2.57 bits per heavy atom. The van der Waals surface area contributed by atoms with E-state index >= 15 is 0 Å². The van der Waals surface area contributed by atoms with Crippen LogP contribution in [-0.4, -0.2) is 16.7 Å². The monoisotopic (exact) mass is 279 g/mol. The number of aromatic nitrogens is 1. The van der Waals surface area contributed by atoms with Gasteiger partial charge in [-0.05, 0) is 36.8 Å². The zero-order valence-corrected chi connectivity index (χ0v) is 11.9. The van der Waals surface area contributed by atoms with E-state index in [0.717, 1.165) is 27.8 Å². The molecule has 2 aromatic carbocycles. The summed E-state index contributed by atoms with van der Waals surface area (Å²) in [6.45, 7) is 2.58. The highest BCUT2D eigenvalue weighted by molar-refractivity contribution is 5.78. The number of rotatable bonds is 4. The van der Waals surface area contributed by atoms with Crippen LogP contribution >= 0.6 is 0 Å². The number of ether oxygens (including phenoxy) is 1. The summed E-state index contributed by atoms with van der Waals surface area (Å²) in [6, 6.07) is 17.4. The molecule has 1 unspecified atom stereocenters. The van der Waals surface area contributed by atoms with Crippen molar-refractivity contribution in [1.82, 2.24) is 4.98 Å². The highest BCUT2D eigenvalue weighted by Crippen LogP contribution is 2.25. The van der Waals surface area contributed by atoms with Crippen LogP contribution in [0, 0.1) is 0 Å². The highest BCUT2D eigenvalue weighted by atomic mass is 16.5. The van der Waals surface area contributed by atoms with Crippen LogP contribution in [0.15, 0.2) is 60.8 Å². The summed E-state index contributed by atoms with van der Waals surface area (Å²) in [5, 5.41) is 11.5. The molecule has 3 aromatic rings. The molecule has 3 rings (SSSR count). The van der Waals surface area contributed by atoms with Crippen molar-refractivity contribution in [3.63, 3.8) is 0 Å². The van der Waals surface area contributed by atoms with Crippen LogP contribution < -0.4 is 4.74 Å². The van der Waals surface area contributed by atoms with Gasteiger partial charge >= 0.3 is 0 Å². The molecule has 106 valence electrons. The van der Waals surface area contributed by atoms with Crippen LogP contribution in [0.3, 0.4) is 0 Å². The molecule has 0 spiro atoms. The van der Waals surface area contributed by atoms with E-state index in [1.54, 1.807) is 6.20 Å². The molecular weight excluding hydrogens is 262 g/mol. The number of hydrogen-bond acceptors (Lipinski definition) is 3. The van der Waals surface area contributed by atoms with Crippen LogP contribution in [0.1, 0.15) is 24.2 Å². The van der Waals surface area contributed by atoms with Crippen molar-refractivity contribution >= 4 is 10.9 Å². The first kappa shape index (κ1) is 13.6. The molecule has 0 amide bonds. The average molecular weight is 279 g/mol. The number of hydrogen-bond donors (Lipinski definition) is 1. The predicted molar refractivity (Wildman–Crippen MR) is 83.4 cm³/mol. The van der Waals surface area contributed by atoms with E-state index in [4.69, 9.17) is 4.74 Å².